The molecule has 2 aromatic heterocycles. The van der Waals surface area contributed by atoms with Gasteiger partial charge >= 0.3 is 0 Å². The number of amides is 1. The fourth-order valence-electron chi connectivity index (χ4n) is 3.58. The standard InChI is InChI=1S/C18H17Cl2N3OS/c1-21-16-11-5-3-2-4-9(11)6-12(16)23-14(24)8-10-7-13-17(22-10)15(19)18(20)25-13/h2-5,7,12,16,21-22H,6,8H2,1H3,(H,23,24)/t12-,16-/m1/s1. The van der Waals surface area contributed by atoms with Gasteiger partial charge in [0, 0.05) is 5.69 Å². The number of carbonyl (C=O) groups excluding carboxylic acids is 1. The average Bonchev–Trinajstić information content (AvgIpc) is 3.20. The van der Waals surface area contributed by atoms with E-state index in [2.05, 4.69) is 27.8 Å². The van der Waals surface area contributed by atoms with Gasteiger partial charge in [0.1, 0.15) is 4.34 Å². The molecule has 3 aromatic rings. The topological polar surface area (TPSA) is 56.9 Å². The summed E-state index contributed by atoms with van der Waals surface area (Å²) in [5, 5.41) is 7.00. The van der Waals surface area contributed by atoms with Gasteiger partial charge in [0.15, 0.2) is 0 Å². The molecule has 0 radical (unpaired) electrons. The van der Waals surface area contributed by atoms with Crippen LogP contribution in [0.2, 0.25) is 9.36 Å². The van der Waals surface area contributed by atoms with E-state index in [1.54, 1.807) is 0 Å². The number of hydrogen-bond acceptors (Lipinski definition) is 3. The number of aromatic nitrogens is 1. The van der Waals surface area contributed by atoms with Crippen LogP contribution in [0.15, 0.2) is 30.3 Å². The third kappa shape index (κ3) is 3.06. The van der Waals surface area contributed by atoms with Gasteiger partial charge in [-0.15, -0.1) is 11.3 Å². The maximum absolute atomic E-state index is 12.5. The number of rotatable bonds is 4. The minimum Gasteiger partial charge on any atom is -0.356 e. The molecule has 1 aliphatic carbocycles. The number of carbonyl (C=O) groups is 1. The molecule has 25 heavy (non-hydrogen) atoms. The average molecular weight is 394 g/mol. The molecule has 4 nitrogen and oxygen atoms in total. The first kappa shape index (κ1) is 16.9. The van der Waals surface area contributed by atoms with Crippen molar-refractivity contribution >= 4 is 50.7 Å². The van der Waals surface area contributed by atoms with Gasteiger partial charge in [-0.1, -0.05) is 47.5 Å². The number of aromatic amines is 1. The first-order valence-corrected chi connectivity index (χ1v) is 9.64. The fourth-order valence-corrected chi connectivity index (χ4v) is 5.09. The number of H-pyrrole nitrogens is 1. The lowest BCUT2D eigenvalue weighted by molar-refractivity contribution is -0.121. The number of hydrogen-bond donors (Lipinski definition) is 3. The first-order chi connectivity index (χ1) is 12.1. The molecule has 3 N–H and O–H groups in total. The minimum absolute atomic E-state index is 0.00539. The summed E-state index contributed by atoms with van der Waals surface area (Å²) in [6.45, 7) is 0. The Balaban J connectivity index is 1.46. The van der Waals surface area contributed by atoms with E-state index in [1.807, 2.05) is 25.2 Å². The minimum atomic E-state index is -0.00539. The summed E-state index contributed by atoms with van der Waals surface area (Å²) in [6.07, 6.45) is 1.13. The van der Waals surface area contributed by atoms with Gasteiger partial charge in [-0.3, -0.25) is 4.79 Å². The number of thiophene rings is 1. The zero-order valence-electron chi connectivity index (χ0n) is 13.5. The Labute approximate surface area is 159 Å². The van der Waals surface area contributed by atoms with Crippen molar-refractivity contribution in [3.05, 3.63) is 56.5 Å². The first-order valence-electron chi connectivity index (χ1n) is 8.06. The van der Waals surface area contributed by atoms with E-state index in [9.17, 15) is 4.79 Å². The van der Waals surface area contributed by atoms with Crippen molar-refractivity contribution in [2.24, 2.45) is 0 Å². The Bertz CT molecular complexity index is 949. The molecule has 1 aromatic carbocycles. The van der Waals surface area contributed by atoms with Gasteiger partial charge in [-0.05, 0) is 30.7 Å². The summed E-state index contributed by atoms with van der Waals surface area (Å²) in [5.41, 5.74) is 4.20. The Hall–Kier alpha value is -1.53. The fraction of sp³-hybridized carbons (Fsp3) is 0.278. The highest BCUT2D eigenvalue weighted by Crippen LogP contribution is 2.39. The third-order valence-corrected chi connectivity index (χ3v) is 6.60. The molecule has 0 spiro atoms. The van der Waals surface area contributed by atoms with Crippen LogP contribution in [-0.4, -0.2) is 24.0 Å². The Kier molecular flexibility index (Phi) is 4.50. The predicted octanol–water partition coefficient (Wildman–Crippen LogP) is 4.08. The Morgan fingerprint density at radius 3 is 2.92 bits per heavy atom. The molecule has 0 unspecified atom stereocenters. The van der Waals surface area contributed by atoms with Crippen LogP contribution in [0.5, 0.6) is 0 Å². The van der Waals surface area contributed by atoms with Crippen molar-refractivity contribution in [3.8, 4) is 0 Å². The number of fused-ring (bicyclic) bond motifs is 2. The summed E-state index contributed by atoms with van der Waals surface area (Å²) in [7, 11) is 1.93. The highest BCUT2D eigenvalue weighted by atomic mass is 35.5. The SMILES string of the molecule is CN[C@@H]1c2ccccc2C[C@H]1NC(=O)Cc1cc2sc(Cl)c(Cl)c2[nH]1. The van der Waals surface area contributed by atoms with Gasteiger partial charge in [-0.2, -0.15) is 0 Å². The van der Waals surface area contributed by atoms with Gasteiger partial charge in [0.25, 0.3) is 0 Å². The van der Waals surface area contributed by atoms with Gasteiger partial charge < -0.3 is 15.6 Å². The summed E-state index contributed by atoms with van der Waals surface area (Å²) in [4.78, 5) is 15.7. The second kappa shape index (κ2) is 6.65. The van der Waals surface area contributed by atoms with E-state index in [0.29, 0.717) is 15.8 Å². The molecular formula is C18H17Cl2N3OS. The van der Waals surface area contributed by atoms with E-state index in [0.717, 1.165) is 22.3 Å². The van der Waals surface area contributed by atoms with Crippen LogP contribution in [0.3, 0.4) is 0 Å². The Morgan fingerprint density at radius 1 is 1.36 bits per heavy atom. The van der Waals surface area contributed by atoms with E-state index >= 15 is 0 Å². The van der Waals surface area contributed by atoms with Crippen LogP contribution in [0.4, 0.5) is 0 Å². The van der Waals surface area contributed by atoms with Crippen LogP contribution < -0.4 is 10.6 Å². The van der Waals surface area contributed by atoms with Gasteiger partial charge in [0.2, 0.25) is 5.91 Å². The smallest absolute Gasteiger partial charge is 0.226 e. The van der Waals surface area contributed by atoms with Crippen molar-refractivity contribution in [1.29, 1.82) is 0 Å². The highest BCUT2D eigenvalue weighted by molar-refractivity contribution is 7.23. The maximum Gasteiger partial charge on any atom is 0.226 e. The van der Waals surface area contributed by atoms with Crippen LogP contribution in [0.1, 0.15) is 22.9 Å². The molecule has 0 fully saturated rings. The van der Waals surface area contributed by atoms with E-state index in [-0.39, 0.29) is 18.0 Å². The molecular weight excluding hydrogens is 377 g/mol. The molecule has 1 amide bonds. The van der Waals surface area contributed by atoms with Crippen LogP contribution >= 0.6 is 34.5 Å². The number of halogens is 2. The summed E-state index contributed by atoms with van der Waals surface area (Å²) < 4.78 is 1.54. The van der Waals surface area contributed by atoms with Gasteiger partial charge in [0.05, 0.1) is 33.7 Å². The van der Waals surface area contributed by atoms with E-state index < -0.39 is 0 Å². The monoisotopic (exact) mass is 393 g/mol. The molecule has 7 heteroatoms. The molecule has 0 aliphatic heterocycles. The maximum atomic E-state index is 12.5. The molecule has 0 bridgehead atoms. The highest BCUT2D eigenvalue weighted by Gasteiger charge is 2.32. The molecule has 130 valence electrons. The predicted molar refractivity (Wildman–Crippen MR) is 104 cm³/mol. The second-order valence-electron chi connectivity index (χ2n) is 6.24. The summed E-state index contributed by atoms with van der Waals surface area (Å²) in [5.74, 6) is -0.00539. The summed E-state index contributed by atoms with van der Waals surface area (Å²) >= 11 is 13.6. The molecule has 0 saturated heterocycles. The number of benzene rings is 1. The molecule has 2 atom stereocenters. The molecule has 0 saturated carbocycles. The Morgan fingerprint density at radius 2 is 2.16 bits per heavy atom. The molecule has 4 rings (SSSR count). The zero-order chi connectivity index (χ0) is 17.6. The third-order valence-electron chi connectivity index (χ3n) is 4.67. The molecule has 2 heterocycles. The van der Waals surface area contributed by atoms with Crippen molar-refractivity contribution in [2.45, 2.75) is 24.9 Å². The van der Waals surface area contributed by atoms with Crippen molar-refractivity contribution in [1.82, 2.24) is 15.6 Å². The quantitative estimate of drug-likeness (QED) is 0.625. The van der Waals surface area contributed by atoms with Crippen LogP contribution in [0, 0.1) is 0 Å². The van der Waals surface area contributed by atoms with E-state index in [1.165, 1.54) is 22.5 Å². The number of nitrogens with one attached hydrogen (secondary N) is 3. The van der Waals surface area contributed by atoms with Crippen molar-refractivity contribution in [3.63, 3.8) is 0 Å². The van der Waals surface area contributed by atoms with Crippen LogP contribution in [0.25, 0.3) is 10.2 Å². The molecule has 1 aliphatic rings. The summed E-state index contributed by atoms with van der Waals surface area (Å²) in [6, 6.07) is 10.5. The normalized spacial score (nSPS) is 19.3. The van der Waals surface area contributed by atoms with Crippen molar-refractivity contribution in [2.75, 3.05) is 7.05 Å². The van der Waals surface area contributed by atoms with E-state index in [4.69, 9.17) is 23.2 Å². The van der Waals surface area contributed by atoms with Crippen molar-refractivity contribution < 1.29 is 4.79 Å². The zero-order valence-corrected chi connectivity index (χ0v) is 15.9. The second-order valence-corrected chi connectivity index (χ2v) is 8.28. The number of likely N-dealkylation sites (N-methyl/N-ethyl adjacent to an activating group) is 1. The van der Waals surface area contributed by atoms with Gasteiger partial charge in [-0.25, -0.2) is 0 Å². The lowest BCUT2D eigenvalue weighted by Crippen LogP contribution is -2.42. The largest absolute Gasteiger partial charge is 0.356 e. The lowest BCUT2D eigenvalue weighted by Gasteiger charge is -2.21. The lowest BCUT2D eigenvalue weighted by atomic mass is 10.1. The van der Waals surface area contributed by atoms with Crippen LogP contribution in [-0.2, 0) is 17.6 Å².